The van der Waals surface area contributed by atoms with Crippen LogP contribution >= 0.6 is 8.60 Å². The van der Waals surface area contributed by atoms with Crippen molar-refractivity contribution in [1.82, 2.24) is 0 Å². The first-order chi connectivity index (χ1) is 28.4. The molecule has 0 bridgehead atoms. The Hall–Kier alpha value is -0.210. The molecule has 0 amide bonds. The van der Waals surface area contributed by atoms with Crippen molar-refractivity contribution in [3.63, 3.8) is 0 Å². The monoisotopic (exact) mass is 847 g/mol. The van der Waals surface area contributed by atoms with Gasteiger partial charge in [-0.05, 0) is 19.3 Å². The second kappa shape index (κ2) is 43.9. The van der Waals surface area contributed by atoms with Crippen molar-refractivity contribution in [2.45, 2.75) is 83.3 Å². The van der Waals surface area contributed by atoms with Gasteiger partial charge in [0.25, 0.3) is 0 Å². The topological polar surface area (TPSA) is 148 Å². The lowest BCUT2D eigenvalue weighted by molar-refractivity contribution is -0.0292. The fourth-order valence-corrected chi connectivity index (χ4v) is 6.83. The molecule has 2 atom stereocenters. The highest BCUT2D eigenvalue weighted by Crippen LogP contribution is 2.52. The first-order valence-electron chi connectivity index (χ1n) is 21.7. The molecule has 0 aromatic rings. The molecular weight excluding hydrogens is 767 g/mol. The second-order valence-corrected chi connectivity index (χ2v) is 14.5. The summed E-state index contributed by atoms with van der Waals surface area (Å²) >= 11 is 0. The van der Waals surface area contributed by atoms with Crippen molar-refractivity contribution in [2.24, 2.45) is 0 Å². The molecule has 16 nitrogen and oxygen atoms in total. The minimum absolute atomic E-state index is 0.218. The second-order valence-electron chi connectivity index (χ2n) is 13.4. The minimum atomic E-state index is -1.22. The van der Waals surface area contributed by atoms with E-state index in [2.05, 4.69) is 6.92 Å². The van der Waals surface area contributed by atoms with Crippen LogP contribution < -0.4 is 0 Å². The normalized spacial score (nSPS) is 18.2. The van der Waals surface area contributed by atoms with Crippen molar-refractivity contribution in [2.75, 3.05) is 178 Å². The molecule has 1 aliphatic heterocycles. The molecule has 1 heterocycles. The molecule has 2 fully saturated rings. The van der Waals surface area contributed by atoms with E-state index in [1.165, 1.54) is 44.9 Å². The molecule has 57 heavy (non-hydrogen) atoms. The van der Waals surface area contributed by atoms with Gasteiger partial charge in [0.1, 0.15) is 0 Å². The van der Waals surface area contributed by atoms with Crippen molar-refractivity contribution in [1.29, 1.82) is 0 Å². The molecule has 17 heteroatoms. The summed E-state index contributed by atoms with van der Waals surface area (Å²) in [5, 5.41) is 0. The van der Waals surface area contributed by atoms with Gasteiger partial charge in [-0.2, -0.15) is 0 Å². The van der Waals surface area contributed by atoms with Crippen LogP contribution in [0.2, 0.25) is 0 Å². The van der Waals surface area contributed by atoms with Crippen LogP contribution in [-0.2, 0) is 75.2 Å². The van der Waals surface area contributed by atoms with Gasteiger partial charge < -0.3 is 75.2 Å². The van der Waals surface area contributed by atoms with Crippen LogP contribution in [0, 0.1) is 0 Å². The van der Waals surface area contributed by atoms with Gasteiger partial charge in [0, 0.05) is 6.61 Å². The predicted molar refractivity (Wildman–Crippen MR) is 215 cm³/mol. The van der Waals surface area contributed by atoms with Crippen molar-refractivity contribution >= 4 is 8.60 Å². The molecule has 1 saturated carbocycles. The summed E-state index contributed by atoms with van der Waals surface area (Å²) in [6, 6.07) is 0. The van der Waals surface area contributed by atoms with E-state index >= 15 is 0 Å². The maximum Gasteiger partial charge on any atom is 0.333 e. The fourth-order valence-electron chi connectivity index (χ4n) is 5.51. The molecule has 2 rings (SSSR count). The lowest BCUT2D eigenvalue weighted by Gasteiger charge is -2.20. The third-order valence-electron chi connectivity index (χ3n) is 8.62. The van der Waals surface area contributed by atoms with E-state index in [1.54, 1.807) is 0 Å². The zero-order chi connectivity index (χ0) is 40.2. The summed E-state index contributed by atoms with van der Waals surface area (Å²) in [6.07, 6.45) is 12.7. The van der Waals surface area contributed by atoms with Crippen molar-refractivity contribution < 1.29 is 75.2 Å². The van der Waals surface area contributed by atoms with Crippen LogP contribution in [-0.4, -0.2) is 191 Å². The molecule has 0 aromatic heterocycles. The fraction of sp³-hybridized carbons (Fsp3) is 1.00. The Morgan fingerprint density at radius 2 is 0.561 bits per heavy atom. The Kier molecular flexibility index (Phi) is 40.7. The summed E-state index contributed by atoms with van der Waals surface area (Å²) in [6.45, 7) is 16.6. The van der Waals surface area contributed by atoms with E-state index in [0.29, 0.717) is 172 Å². The highest BCUT2D eigenvalue weighted by atomic mass is 31.2. The van der Waals surface area contributed by atoms with Gasteiger partial charge in [-0.1, -0.05) is 51.9 Å². The van der Waals surface area contributed by atoms with Gasteiger partial charge in [0.15, 0.2) is 0 Å². The van der Waals surface area contributed by atoms with Gasteiger partial charge in [-0.25, -0.2) is 0 Å². The van der Waals surface area contributed by atoms with Crippen LogP contribution in [0.5, 0.6) is 0 Å². The molecule has 0 radical (unpaired) electrons. The maximum absolute atomic E-state index is 5.84. The van der Waals surface area contributed by atoms with Gasteiger partial charge in [0.05, 0.1) is 184 Å². The van der Waals surface area contributed by atoms with Gasteiger partial charge in [0.2, 0.25) is 0 Å². The Balaban J connectivity index is 1.11. The number of unbranched alkanes of at least 4 members (excludes halogenated alkanes) is 5. The minimum Gasteiger partial charge on any atom is -0.379 e. The lowest BCUT2D eigenvalue weighted by atomic mass is 9.95. The van der Waals surface area contributed by atoms with E-state index in [9.17, 15) is 0 Å². The third-order valence-corrected chi connectivity index (χ3v) is 9.89. The highest BCUT2D eigenvalue weighted by Gasteiger charge is 2.39. The van der Waals surface area contributed by atoms with Gasteiger partial charge in [-0.15, -0.1) is 0 Å². The summed E-state index contributed by atoms with van der Waals surface area (Å²) in [5.41, 5.74) is 0. The standard InChI is InChI=1S/C40H79O16P/c1-2-3-4-5-6-9-12-41-13-14-42-15-16-43-17-18-44-19-20-45-21-22-46-23-24-47-25-26-48-27-28-49-29-30-50-31-32-51-33-34-52-35-36-53-37-38-54-57-55-39-10-7-8-11-40(39)56-57/h39-40H,2-38H2,1H3. The first kappa shape index (κ1) is 52.9. The summed E-state index contributed by atoms with van der Waals surface area (Å²) in [4.78, 5) is 0. The molecule has 0 spiro atoms. The Bertz CT molecular complexity index is 780. The molecular formula is C40H79O16P. The van der Waals surface area contributed by atoms with Gasteiger partial charge in [-0.3, -0.25) is 0 Å². The first-order valence-corrected chi connectivity index (χ1v) is 22.8. The zero-order valence-corrected chi connectivity index (χ0v) is 36.2. The summed E-state index contributed by atoms with van der Waals surface area (Å²) in [7, 11) is -1.22. The number of hydrogen-bond acceptors (Lipinski definition) is 16. The maximum atomic E-state index is 5.84. The van der Waals surface area contributed by atoms with E-state index in [1.807, 2.05) is 0 Å². The Labute approximate surface area is 345 Å². The van der Waals surface area contributed by atoms with Crippen LogP contribution in [0.15, 0.2) is 0 Å². The highest BCUT2D eigenvalue weighted by molar-refractivity contribution is 7.42. The lowest BCUT2D eigenvalue weighted by Crippen LogP contribution is -2.25. The molecule has 2 unspecified atom stereocenters. The molecule has 340 valence electrons. The van der Waals surface area contributed by atoms with E-state index < -0.39 is 8.60 Å². The number of ether oxygens (including phenoxy) is 13. The Morgan fingerprint density at radius 3 is 0.860 bits per heavy atom. The van der Waals surface area contributed by atoms with E-state index in [0.717, 1.165) is 25.9 Å². The quantitative estimate of drug-likeness (QED) is 0.0586. The van der Waals surface area contributed by atoms with E-state index in [-0.39, 0.29) is 12.2 Å². The van der Waals surface area contributed by atoms with Crippen LogP contribution in [0.25, 0.3) is 0 Å². The van der Waals surface area contributed by atoms with E-state index in [4.69, 9.17) is 75.2 Å². The van der Waals surface area contributed by atoms with Crippen LogP contribution in [0.3, 0.4) is 0 Å². The molecule has 1 aliphatic carbocycles. The average Bonchev–Trinajstić information content (AvgIpc) is 3.65. The average molecular weight is 847 g/mol. The van der Waals surface area contributed by atoms with Crippen LogP contribution in [0.1, 0.15) is 71.1 Å². The third kappa shape index (κ3) is 36.2. The largest absolute Gasteiger partial charge is 0.379 e. The van der Waals surface area contributed by atoms with Crippen molar-refractivity contribution in [3.05, 3.63) is 0 Å². The smallest absolute Gasteiger partial charge is 0.333 e. The SMILES string of the molecule is CCCCCCCCOCCOCCOCCOCCOCCOCCOCCOCCOCCOCCOCCOCCOCCOP1OC2CCCCC2O1. The van der Waals surface area contributed by atoms with Gasteiger partial charge >= 0.3 is 8.60 Å². The number of hydrogen-bond donors (Lipinski definition) is 0. The summed E-state index contributed by atoms with van der Waals surface area (Å²) in [5.74, 6) is 0. The predicted octanol–water partition coefficient (Wildman–Crippen LogP) is 5.16. The molecule has 0 N–H and O–H groups in total. The number of fused-ring (bicyclic) bond motifs is 1. The van der Waals surface area contributed by atoms with Crippen molar-refractivity contribution in [3.8, 4) is 0 Å². The van der Waals surface area contributed by atoms with Crippen LogP contribution in [0.4, 0.5) is 0 Å². The molecule has 1 saturated heterocycles. The zero-order valence-electron chi connectivity index (χ0n) is 35.3. The molecule has 2 aliphatic rings. The molecule has 0 aromatic carbocycles. The summed E-state index contributed by atoms with van der Waals surface area (Å²) < 4.78 is 89.1. The number of rotatable bonds is 47. The Morgan fingerprint density at radius 1 is 0.316 bits per heavy atom.